The molecule has 0 saturated heterocycles. The zero-order valence-electron chi connectivity index (χ0n) is 9.56. The van der Waals surface area contributed by atoms with Gasteiger partial charge in [0, 0.05) is 7.05 Å². The average Bonchev–Trinajstić information content (AvgIpc) is 2.84. The van der Waals surface area contributed by atoms with Gasteiger partial charge in [-0.2, -0.15) is 0 Å². The molecule has 2 rings (SSSR count). The predicted octanol–water partition coefficient (Wildman–Crippen LogP) is 1.64. The fourth-order valence-electron chi connectivity index (χ4n) is 2.65. The van der Waals surface area contributed by atoms with Crippen LogP contribution in [0.3, 0.4) is 0 Å². The molecule has 3 unspecified atom stereocenters. The second-order valence-corrected chi connectivity index (χ2v) is 4.66. The fourth-order valence-corrected chi connectivity index (χ4v) is 2.65. The Morgan fingerprint density at radius 2 is 2.40 bits per heavy atom. The summed E-state index contributed by atoms with van der Waals surface area (Å²) >= 11 is 0. The molecule has 1 saturated carbocycles. The van der Waals surface area contributed by atoms with Crippen molar-refractivity contribution >= 4 is 0 Å². The van der Waals surface area contributed by atoms with Crippen LogP contribution in [-0.4, -0.2) is 15.0 Å². The highest BCUT2D eigenvalue weighted by molar-refractivity contribution is 5.04. The maximum absolute atomic E-state index is 6.26. The minimum Gasteiger partial charge on any atom is -0.322 e. The third-order valence-electron chi connectivity index (χ3n) is 3.76. The lowest BCUT2D eigenvalue weighted by atomic mass is 9.94. The van der Waals surface area contributed by atoms with E-state index in [1.807, 2.05) is 7.05 Å². The van der Waals surface area contributed by atoms with Crippen molar-refractivity contribution in [2.75, 3.05) is 0 Å². The van der Waals surface area contributed by atoms with Gasteiger partial charge in [-0.25, -0.2) is 0 Å². The molecule has 1 aromatic rings. The zero-order valence-corrected chi connectivity index (χ0v) is 9.56. The first kappa shape index (κ1) is 10.6. The molecule has 0 bridgehead atoms. The number of nitrogens with two attached hydrogens (primary N) is 1. The largest absolute Gasteiger partial charge is 0.322 e. The fraction of sp³-hybridized carbons (Fsp3) is 0.818. The van der Waals surface area contributed by atoms with Crippen LogP contribution in [0.5, 0.6) is 0 Å². The minimum atomic E-state index is 0.113. The van der Waals surface area contributed by atoms with E-state index in [4.69, 9.17) is 5.73 Å². The number of hydrogen-bond donors (Lipinski definition) is 1. The molecular weight excluding hydrogens is 188 g/mol. The molecule has 0 aliphatic heterocycles. The Morgan fingerprint density at radius 1 is 1.60 bits per heavy atom. The molecule has 1 fully saturated rings. The SMILES string of the molecule is CCC1CCC(C(N)c2cnnn2C)C1. The summed E-state index contributed by atoms with van der Waals surface area (Å²) in [6.07, 6.45) is 6.94. The molecule has 1 heterocycles. The second-order valence-electron chi connectivity index (χ2n) is 4.66. The lowest BCUT2D eigenvalue weighted by Gasteiger charge is -2.18. The van der Waals surface area contributed by atoms with E-state index in [0.29, 0.717) is 5.92 Å². The van der Waals surface area contributed by atoms with Crippen molar-refractivity contribution in [3.05, 3.63) is 11.9 Å². The van der Waals surface area contributed by atoms with Gasteiger partial charge in [-0.05, 0) is 24.7 Å². The molecule has 2 N–H and O–H groups in total. The van der Waals surface area contributed by atoms with Gasteiger partial charge in [0.15, 0.2) is 0 Å². The lowest BCUT2D eigenvalue weighted by Crippen LogP contribution is -2.22. The quantitative estimate of drug-likeness (QED) is 0.821. The van der Waals surface area contributed by atoms with Gasteiger partial charge in [0.2, 0.25) is 0 Å². The highest BCUT2D eigenvalue weighted by Gasteiger charge is 2.30. The van der Waals surface area contributed by atoms with Crippen LogP contribution in [0.25, 0.3) is 0 Å². The van der Waals surface area contributed by atoms with Gasteiger partial charge in [0.25, 0.3) is 0 Å². The van der Waals surface area contributed by atoms with E-state index in [9.17, 15) is 0 Å². The van der Waals surface area contributed by atoms with Gasteiger partial charge >= 0.3 is 0 Å². The minimum absolute atomic E-state index is 0.113. The van der Waals surface area contributed by atoms with Crippen molar-refractivity contribution < 1.29 is 0 Å². The van der Waals surface area contributed by atoms with Crippen LogP contribution >= 0.6 is 0 Å². The Labute approximate surface area is 90.8 Å². The van der Waals surface area contributed by atoms with Gasteiger partial charge in [-0.1, -0.05) is 25.0 Å². The van der Waals surface area contributed by atoms with Crippen molar-refractivity contribution in [2.45, 2.75) is 38.6 Å². The van der Waals surface area contributed by atoms with E-state index in [-0.39, 0.29) is 6.04 Å². The first-order valence-corrected chi connectivity index (χ1v) is 5.82. The maximum Gasteiger partial charge on any atom is 0.0753 e. The Bertz CT molecular complexity index is 320. The Kier molecular flexibility index (Phi) is 3.05. The summed E-state index contributed by atoms with van der Waals surface area (Å²) in [5.74, 6) is 1.49. The van der Waals surface area contributed by atoms with E-state index in [0.717, 1.165) is 11.6 Å². The van der Waals surface area contributed by atoms with E-state index in [1.54, 1.807) is 10.9 Å². The van der Waals surface area contributed by atoms with Crippen LogP contribution in [0.15, 0.2) is 6.20 Å². The van der Waals surface area contributed by atoms with Crippen LogP contribution in [0.2, 0.25) is 0 Å². The smallest absolute Gasteiger partial charge is 0.0753 e. The molecule has 1 aliphatic rings. The molecule has 0 spiro atoms. The summed E-state index contributed by atoms with van der Waals surface area (Å²) in [5.41, 5.74) is 7.33. The van der Waals surface area contributed by atoms with E-state index in [2.05, 4.69) is 17.2 Å². The molecule has 1 aromatic heterocycles. The number of nitrogens with zero attached hydrogens (tertiary/aromatic N) is 3. The third-order valence-corrected chi connectivity index (χ3v) is 3.76. The summed E-state index contributed by atoms with van der Waals surface area (Å²) in [6.45, 7) is 2.27. The highest BCUT2D eigenvalue weighted by Crippen LogP contribution is 2.38. The number of aromatic nitrogens is 3. The molecule has 1 aliphatic carbocycles. The molecule has 3 atom stereocenters. The normalized spacial score (nSPS) is 28.2. The van der Waals surface area contributed by atoms with Gasteiger partial charge in [0.1, 0.15) is 0 Å². The number of hydrogen-bond acceptors (Lipinski definition) is 3. The third kappa shape index (κ3) is 2.04. The van der Waals surface area contributed by atoms with E-state index in [1.165, 1.54) is 25.7 Å². The van der Waals surface area contributed by atoms with Crippen LogP contribution in [-0.2, 0) is 7.05 Å². The molecule has 0 amide bonds. The van der Waals surface area contributed by atoms with Crippen molar-refractivity contribution in [2.24, 2.45) is 24.6 Å². The highest BCUT2D eigenvalue weighted by atomic mass is 15.4. The lowest BCUT2D eigenvalue weighted by molar-refractivity contribution is 0.400. The predicted molar refractivity (Wildman–Crippen MR) is 59.1 cm³/mol. The van der Waals surface area contributed by atoms with Gasteiger partial charge < -0.3 is 5.73 Å². The van der Waals surface area contributed by atoms with Crippen LogP contribution < -0.4 is 5.73 Å². The van der Waals surface area contributed by atoms with Gasteiger partial charge in [-0.15, -0.1) is 5.10 Å². The monoisotopic (exact) mass is 208 g/mol. The van der Waals surface area contributed by atoms with Crippen molar-refractivity contribution in [3.63, 3.8) is 0 Å². The van der Waals surface area contributed by atoms with Crippen LogP contribution in [0.1, 0.15) is 44.3 Å². The van der Waals surface area contributed by atoms with Gasteiger partial charge in [-0.3, -0.25) is 4.68 Å². The topological polar surface area (TPSA) is 56.7 Å². The maximum atomic E-state index is 6.26. The summed E-state index contributed by atoms with van der Waals surface area (Å²) in [7, 11) is 1.91. The molecule has 0 aromatic carbocycles. The Morgan fingerprint density at radius 3 is 2.93 bits per heavy atom. The average molecular weight is 208 g/mol. The standard InChI is InChI=1S/C11H20N4/c1-3-8-4-5-9(6-8)11(12)10-7-13-14-15(10)2/h7-9,11H,3-6,12H2,1-2H3. The Balaban J connectivity index is 2.03. The first-order valence-electron chi connectivity index (χ1n) is 5.82. The summed E-state index contributed by atoms with van der Waals surface area (Å²) in [6, 6.07) is 0.113. The molecule has 15 heavy (non-hydrogen) atoms. The molecule has 4 heteroatoms. The molecular formula is C11H20N4. The summed E-state index contributed by atoms with van der Waals surface area (Å²) in [5, 5.41) is 7.82. The van der Waals surface area contributed by atoms with Gasteiger partial charge in [0.05, 0.1) is 17.9 Å². The molecule has 0 radical (unpaired) electrons. The van der Waals surface area contributed by atoms with Crippen molar-refractivity contribution in [1.82, 2.24) is 15.0 Å². The van der Waals surface area contributed by atoms with E-state index < -0.39 is 0 Å². The van der Waals surface area contributed by atoms with Crippen LogP contribution in [0, 0.1) is 11.8 Å². The zero-order chi connectivity index (χ0) is 10.8. The Hall–Kier alpha value is -0.900. The van der Waals surface area contributed by atoms with E-state index >= 15 is 0 Å². The molecule has 4 nitrogen and oxygen atoms in total. The molecule has 84 valence electrons. The summed E-state index contributed by atoms with van der Waals surface area (Å²) < 4.78 is 1.80. The number of aryl methyl sites for hydroxylation is 1. The number of rotatable bonds is 3. The van der Waals surface area contributed by atoms with Crippen molar-refractivity contribution in [3.8, 4) is 0 Å². The van der Waals surface area contributed by atoms with Crippen molar-refractivity contribution in [1.29, 1.82) is 0 Å². The second kappa shape index (κ2) is 4.31. The first-order chi connectivity index (χ1) is 7.22. The van der Waals surface area contributed by atoms with Crippen LogP contribution in [0.4, 0.5) is 0 Å². The summed E-state index contributed by atoms with van der Waals surface area (Å²) in [4.78, 5) is 0.